The van der Waals surface area contributed by atoms with Crippen molar-refractivity contribution in [3.63, 3.8) is 0 Å². The fraction of sp³-hybridized carbons (Fsp3) is 0.375. The SMILES string of the molecule is CC(=O)NC1CCC(n2c(=O)c3cc(F)cnc3n(-c3cccc(-c4ccccc4CN4CCOCC4)c3)c2=O)CC1. The van der Waals surface area contributed by atoms with E-state index >= 15 is 0 Å². The number of fused-ring (bicyclic) bond motifs is 1. The molecule has 4 aromatic rings. The van der Waals surface area contributed by atoms with Crippen LogP contribution in [0.2, 0.25) is 0 Å². The molecule has 0 atom stereocenters. The summed E-state index contributed by atoms with van der Waals surface area (Å²) in [7, 11) is 0. The lowest BCUT2D eigenvalue weighted by Gasteiger charge is -2.30. The van der Waals surface area contributed by atoms with Gasteiger partial charge < -0.3 is 10.1 Å². The van der Waals surface area contributed by atoms with Crippen LogP contribution >= 0.6 is 0 Å². The van der Waals surface area contributed by atoms with Crippen molar-refractivity contribution < 1.29 is 13.9 Å². The molecule has 1 aliphatic carbocycles. The molecular formula is C32H34FN5O4. The maximum atomic E-state index is 14.4. The third-order valence-corrected chi connectivity index (χ3v) is 8.29. The highest BCUT2D eigenvalue weighted by Gasteiger charge is 2.27. The minimum atomic E-state index is -0.642. The number of nitrogens with zero attached hydrogens (tertiary/aromatic N) is 4. The van der Waals surface area contributed by atoms with E-state index in [-0.39, 0.29) is 29.0 Å². The number of benzene rings is 2. The Bertz CT molecular complexity index is 1740. The monoisotopic (exact) mass is 571 g/mol. The summed E-state index contributed by atoms with van der Waals surface area (Å²) < 4.78 is 22.6. The van der Waals surface area contributed by atoms with E-state index in [2.05, 4.69) is 27.3 Å². The van der Waals surface area contributed by atoms with Gasteiger partial charge in [-0.05, 0) is 60.6 Å². The van der Waals surface area contributed by atoms with Crippen molar-refractivity contribution in [3.05, 3.63) is 93.0 Å². The van der Waals surface area contributed by atoms with Crippen LogP contribution in [0.15, 0.2) is 70.4 Å². The van der Waals surface area contributed by atoms with Gasteiger partial charge in [0.15, 0.2) is 5.65 Å². The summed E-state index contributed by atoms with van der Waals surface area (Å²) in [5.41, 5.74) is 2.74. The van der Waals surface area contributed by atoms with E-state index in [0.717, 1.165) is 48.6 Å². The molecule has 0 spiro atoms. The Labute approximate surface area is 242 Å². The van der Waals surface area contributed by atoms with Crippen molar-refractivity contribution in [2.24, 2.45) is 0 Å². The van der Waals surface area contributed by atoms with Crippen molar-refractivity contribution in [2.45, 2.75) is 51.2 Å². The van der Waals surface area contributed by atoms with E-state index < -0.39 is 17.1 Å². The number of carbonyl (C=O) groups is 1. The molecule has 9 nitrogen and oxygen atoms in total. The van der Waals surface area contributed by atoms with Gasteiger partial charge in [0.2, 0.25) is 5.91 Å². The summed E-state index contributed by atoms with van der Waals surface area (Å²) in [6.45, 7) is 5.42. The van der Waals surface area contributed by atoms with Crippen molar-refractivity contribution >= 4 is 16.9 Å². The van der Waals surface area contributed by atoms with Crippen LogP contribution in [-0.4, -0.2) is 57.3 Å². The second kappa shape index (κ2) is 12.0. The molecule has 0 bridgehead atoms. The van der Waals surface area contributed by atoms with E-state index in [1.165, 1.54) is 16.1 Å². The summed E-state index contributed by atoms with van der Waals surface area (Å²) in [5, 5.41) is 2.98. The van der Waals surface area contributed by atoms with Gasteiger partial charge in [0, 0.05) is 38.6 Å². The van der Waals surface area contributed by atoms with Crippen LogP contribution in [0.25, 0.3) is 27.8 Å². The van der Waals surface area contributed by atoms with Gasteiger partial charge in [0.05, 0.1) is 30.5 Å². The van der Waals surface area contributed by atoms with Crippen LogP contribution in [0.1, 0.15) is 44.2 Å². The zero-order valence-electron chi connectivity index (χ0n) is 23.6. The van der Waals surface area contributed by atoms with Gasteiger partial charge in [-0.1, -0.05) is 36.4 Å². The van der Waals surface area contributed by atoms with E-state index in [0.29, 0.717) is 44.6 Å². The second-order valence-corrected chi connectivity index (χ2v) is 11.1. The molecule has 10 heteroatoms. The number of halogens is 1. The van der Waals surface area contributed by atoms with Gasteiger partial charge in [0.25, 0.3) is 5.56 Å². The average Bonchev–Trinajstić information content (AvgIpc) is 2.99. The Balaban J connectivity index is 1.43. The third kappa shape index (κ3) is 5.64. The predicted molar refractivity (Wildman–Crippen MR) is 158 cm³/mol. The number of hydrogen-bond donors (Lipinski definition) is 1. The molecule has 1 N–H and O–H groups in total. The first kappa shape index (κ1) is 28.0. The summed E-state index contributed by atoms with van der Waals surface area (Å²) in [6, 6.07) is 16.6. The Morgan fingerprint density at radius 1 is 1.02 bits per heavy atom. The topological polar surface area (TPSA) is 98.5 Å². The molecule has 2 aromatic carbocycles. The molecule has 0 radical (unpaired) electrons. The van der Waals surface area contributed by atoms with Gasteiger partial charge in [-0.15, -0.1) is 0 Å². The number of carbonyl (C=O) groups excluding carboxylic acids is 1. The molecule has 1 amide bonds. The lowest BCUT2D eigenvalue weighted by molar-refractivity contribution is -0.119. The summed E-state index contributed by atoms with van der Waals surface area (Å²) in [4.78, 5) is 45.9. The predicted octanol–water partition coefficient (Wildman–Crippen LogP) is 3.81. The van der Waals surface area contributed by atoms with Crippen LogP contribution < -0.4 is 16.6 Å². The number of hydrogen-bond acceptors (Lipinski definition) is 6. The first-order valence-corrected chi connectivity index (χ1v) is 14.5. The highest BCUT2D eigenvalue weighted by Crippen LogP contribution is 2.29. The molecule has 2 fully saturated rings. The molecule has 0 unspecified atom stereocenters. The largest absolute Gasteiger partial charge is 0.379 e. The summed E-state index contributed by atoms with van der Waals surface area (Å²) >= 11 is 0. The summed E-state index contributed by atoms with van der Waals surface area (Å²) in [5.74, 6) is -0.742. The quantitative estimate of drug-likeness (QED) is 0.378. The highest BCUT2D eigenvalue weighted by molar-refractivity contribution is 5.77. The van der Waals surface area contributed by atoms with Gasteiger partial charge in [0.1, 0.15) is 5.82 Å². The molecule has 42 heavy (non-hydrogen) atoms. The molecule has 1 aliphatic heterocycles. The molecule has 2 aliphatic rings. The number of pyridine rings is 1. The zero-order valence-corrected chi connectivity index (χ0v) is 23.6. The Kier molecular flexibility index (Phi) is 7.99. The van der Waals surface area contributed by atoms with E-state index in [1.807, 2.05) is 36.4 Å². The minimum absolute atomic E-state index is 0.00505. The molecule has 2 aromatic heterocycles. The van der Waals surface area contributed by atoms with Crippen molar-refractivity contribution in [1.29, 1.82) is 0 Å². The van der Waals surface area contributed by atoms with Crippen LogP contribution in [-0.2, 0) is 16.1 Å². The van der Waals surface area contributed by atoms with E-state index in [9.17, 15) is 18.8 Å². The van der Waals surface area contributed by atoms with Gasteiger partial charge in [-0.3, -0.25) is 19.1 Å². The first-order valence-electron chi connectivity index (χ1n) is 14.5. The fourth-order valence-corrected chi connectivity index (χ4v) is 6.26. The van der Waals surface area contributed by atoms with Crippen LogP contribution in [0, 0.1) is 5.82 Å². The fourth-order valence-electron chi connectivity index (χ4n) is 6.26. The van der Waals surface area contributed by atoms with Crippen LogP contribution in [0.4, 0.5) is 4.39 Å². The Morgan fingerprint density at radius 3 is 2.55 bits per heavy atom. The Hall–Kier alpha value is -4.15. The number of ether oxygens (including phenoxy) is 1. The van der Waals surface area contributed by atoms with Gasteiger partial charge >= 0.3 is 5.69 Å². The Morgan fingerprint density at radius 2 is 1.79 bits per heavy atom. The zero-order chi connectivity index (χ0) is 29.2. The lowest BCUT2D eigenvalue weighted by atomic mass is 9.91. The average molecular weight is 572 g/mol. The van der Waals surface area contributed by atoms with Gasteiger partial charge in [-0.2, -0.15) is 0 Å². The van der Waals surface area contributed by atoms with Crippen molar-refractivity contribution in [2.75, 3.05) is 26.3 Å². The number of nitrogens with one attached hydrogen (secondary N) is 1. The lowest BCUT2D eigenvalue weighted by Crippen LogP contribution is -2.45. The van der Waals surface area contributed by atoms with Crippen molar-refractivity contribution in [1.82, 2.24) is 24.3 Å². The van der Waals surface area contributed by atoms with E-state index in [1.54, 1.807) is 0 Å². The summed E-state index contributed by atoms with van der Waals surface area (Å²) in [6.07, 6.45) is 3.41. The molecule has 1 saturated heterocycles. The molecule has 3 heterocycles. The molecule has 6 rings (SSSR count). The molecular weight excluding hydrogens is 537 g/mol. The number of rotatable bonds is 6. The number of amides is 1. The number of morpholine rings is 1. The highest BCUT2D eigenvalue weighted by atomic mass is 19.1. The van der Waals surface area contributed by atoms with Gasteiger partial charge in [-0.25, -0.2) is 18.7 Å². The maximum Gasteiger partial charge on any atom is 0.337 e. The maximum absolute atomic E-state index is 14.4. The van der Waals surface area contributed by atoms with Crippen LogP contribution in [0.3, 0.4) is 0 Å². The smallest absolute Gasteiger partial charge is 0.337 e. The molecule has 1 saturated carbocycles. The van der Waals surface area contributed by atoms with Crippen molar-refractivity contribution in [3.8, 4) is 16.8 Å². The minimum Gasteiger partial charge on any atom is -0.379 e. The third-order valence-electron chi connectivity index (χ3n) is 8.29. The second-order valence-electron chi connectivity index (χ2n) is 11.1. The van der Waals surface area contributed by atoms with E-state index in [4.69, 9.17) is 4.74 Å². The standard InChI is InChI=1S/C32H34FN5O4/c1-21(39)35-25-9-11-26(12-10-25)38-31(40)29-18-24(33)19-34-30(29)37(32(38)41)27-7-4-6-22(17-27)28-8-3-2-5-23(28)20-36-13-15-42-16-14-36/h2-8,17-19,25-26H,9-16,20H2,1H3,(H,35,39). The normalized spacial score (nSPS) is 19.6. The first-order chi connectivity index (χ1) is 20.4. The van der Waals surface area contributed by atoms with Crippen LogP contribution in [0.5, 0.6) is 0 Å². The molecule has 218 valence electrons. The number of aromatic nitrogens is 3.